The number of benzene rings is 2. The van der Waals surface area contributed by atoms with Crippen molar-refractivity contribution < 1.29 is 14.3 Å². The van der Waals surface area contributed by atoms with Gasteiger partial charge in [-0.25, -0.2) is 4.98 Å². The molecule has 6 nitrogen and oxygen atoms in total. The molecule has 2 aliphatic rings. The maximum atomic E-state index is 12.7. The molecule has 0 aliphatic carbocycles. The highest BCUT2D eigenvalue weighted by Crippen LogP contribution is 2.39. The van der Waals surface area contributed by atoms with Crippen molar-refractivity contribution in [2.75, 3.05) is 25.1 Å². The van der Waals surface area contributed by atoms with E-state index in [1.165, 1.54) is 11.3 Å². The number of hydrogen-bond acceptors (Lipinski definition) is 6. The maximum absolute atomic E-state index is 12.7. The average molecular weight is 428 g/mol. The number of hydrogen-bond donors (Lipinski definition) is 2. The zero-order valence-electron chi connectivity index (χ0n) is 15.5. The smallest absolute Gasteiger partial charge is 0.284 e. The molecule has 5 rings (SSSR count). The molecule has 1 amide bonds. The van der Waals surface area contributed by atoms with Crippen molar-refractivity contribution in [2.45, 2.75) is 13.0 Å². The van der Waals surface area contributed by atoms with Crippen molar-refractivity contribution in [1.82, 2.24) is 10.3 Å². The molecule has 0 unspecified atom stereocenters. The van der Waals surface area contributed by atoms with Crippen LogP contribution in [0.4, 0.5) is 5.69 Å². The van der Waals surface area contributed by atoms with E-state index in [9.17, 15) is 4.79 Å². The Bertz CT molecular complexity index is 1080. The second-order valence-electron chi connectivity index (χ2n) is 6.80. The number of anilines is 1. The summed E-state index contributed by atoms with van der Waals surface area (Å²) >= 11 is 8.07. The van der Waals surface area contributed by atoms with Gasteiger partial charge in [-0.1, -0.05) is 29.8 Å². The quantitative estimate of drug-likeness (QED) is 0.657. The lowest BCUT2D eigenvalue weighted by atomic mass is 10.0. The predicted molar refractivity (Wildman–Crippen MR) is 113 cm³/mol. The van der Waals surface area contributed by atoms with E-state index in [4.69, 9.17) is 21.1 Å². The number of ether oxygens (including phenoxy) is 2. The molecule has 3 heterocycles. The Morgan fingerprint density at radius 1 is 1.17 bits per heavy atom. The van der Waals surface area contributed by atoms with Crippen molar-refractivity contribution >= 4 is 34.5 Å². The molecule has 1 aromatic heterocycles. The topological polar surface area (TPSA) is 72.5 Å². The number of aromatic nitrogens is 1. The van der Waals surface area contributed by atoms with E-state index in [2.05, 4.69) is 15.6 Å². The van der Waals surface area contributed by atoms with E-state index in [0.29, 0.717) is 34.7 Å². The average Bonchev–Trinajstić information content (AvgIpc) is 3.19. The molecule has 0 fully saturated rings. The Morgan fingerprint density at radius 3 is 2.90 bits per heavy atom. The minimum absolute atomic E-state index is 0.245. The molecule has 0 spiro atoms. The normalized spacial score (nSPS) is 14.9. The zero-order chi connectivity index (χ0) is 19.8. The monoisotopic (exact) mass is 427 g/mol. The molecule has 0 saturated carbocycles. The highest BCUT2D eigenvalue weighted by molar-refractivity contribution is 7.13. The van der Waals surface area contributed by atoms with Crippen molar-refractivity contribution in [3.05, 3.63) is 57.0 Å². The number of nitrogens with zero attached hydrogens (tertiary/aromatic N) is 1. The van der Waals surface area contributed by atoms with Crippen LogP contribution in [0.15, 0.2) is 36.4 Å². The van der Waals surface area contributed by atoms with Crippen molar-refractivity contribution in [3.63, 3.8) is 0 Å². The predicted octanol–water partition coefficient (Wildman–Crippen LogP) is 4.13. The Morgan fingerprint density at radius 2 is 2.03 bits per heavy atom. The van der Waals surface area contributed by atoms with Gasteiger partial charge in [-0.2, -0.15) is 0 Å². The van der Waals surface area contributed by atoms with Gasteiger partial charge in [-0.05, 0) is 23.8 Å². The van der Waals surface area contributed by atoms with E-state index >= 15 is 0 Å². The number of amides is 1. The number of fused-ring (bicyclic) bond motifs is 2. The van der Waals surface area contributed by atoms with Crippen LogP contribution in [-0.4, -0.2) is 30.6 Å². The highest BCUT2D eigenvalue weighted by atomic mass is 35.5. The summed E-state index contributed by atoms with van der Waals surface area (Å²) in [5.41, 5.74) is 3.26. The fraction of sp³-hybridized carbons (Fsp3) is 0.238. The molecule has 0 bridgehead atoms. The summed E-state index contributed by atoms with van der Waals surface area (Å²) in [6, 6.07) is 11.3. The third kappa shape index (κ3) is 3.57. The van der Waals surface area contributed by atoms with Crippen LogP contribution in [0.5, 0.6) is 11.5 Å². The van der Waals surface area contributed by atoms with Crippen LogP contribution in [-0.2, 0) is 13.0 Å². The van der Waals surface area contributed by atoms with Gasteiger partial charge >= 0.3 is 0 Å². The minimum atomic E-state index is -0.245. The van der Waals surface area contributed by atoms with Gasteiger partial charge in [0, 0.05) is 30.0 Å². The van der Waals surface area contributed by atoms with Gasteiger partial charge in [0.2, 0.25) is 0 Å². The Labute approximate surface area is 176 Å². The summed E-state index contributed by atoms with van der Waals surface area (Å²) in [5, 5.41) is 7.14. The van der Waals surface area contributed by atoms with Crippen molar-refractivity contribution in [3.8, 4) is 22.6 Å². The van der Waals surface area contributed by atoms with Crippen LogP contribution < -0.4 is 20.1 Å². The Hall–Kier alpha value is -2.61. The summed E-state index contributed by atoms with van der Waals surface area (Å²) in [6.45, 7) is 2.72. The summed E-state index contributed by atoms with van der Waals surface area (Å²) in [6.07, 6.45) is 0.847. The van der Waals surface area contributed by atoms with Crippen LogP contribution in [0.3, 0.4) is 0 Å². The summed E-state index contributed by atoms with van der Waals surface area (Å²) in [4.78, 5) is 18.4. The second-order valence-corrected chi connectivity index (χ2v) is 8.26. The standard InChI is InChI=1S/C21H18ClN3O3S/c22-19-13(12-4-5-16-17(10-12)28-9-8-27-16)2-1-3-15(19)24-20(26)21-25-14-6-7-23-11-18(14)29-21/h1-5,10,23H,6-9,11H2,(H,24,26). The third-order valence-corrected chi connectivity index (χ3v) is 6.40. The van der Waals surface area contributed by atoms with Gasteiger partial charge < -0.3 is 20.1 Å². The lowest BCUT2D eigenvalue weighted by Crippen LogP contribution is -2.22. The van der Waals surface area contributed by atoms with Gasteiger partial charge in [0.25, 0.3) is 5.91 Å². The van der Waals surface area contributed by atoms with Crippen LogP contribution in [0, 0.1) is 0 Å². The molecule has 0 atom stereocenters. The number of nitrogens with one attached hydrogen (secondary N) is 2. The third-order valence-electron chi connectivity index (χ3n) is 4.90. The molecule has 2 N–H and O–H groups in total. The van der Waals surface area contributed by atoms with Gasteiger partial charge in [0.15, 0.2) is 16.5 Å². The summed E-state index contributed by atoms with van der Waals surface area (Å²) in [7, 11) is 0. The highest BCUT2D eigenvalue weighted by Gasteiger charge is 2.20. The molecule has 0 radical (unpaired) electrons. The first-order valence-corrected chi connectivity index (χ1v) is 10.6. The molecule has 2 aromatic carbocycles. The van der Waals surface area contributed by atoms with E-state index in [1.807, 2.05) is 30.3 Å². The lowest BCUT2D eigenvalue weighted by molar-refractivity contribution is 0.102. The van der Waals surface area contributed by atoms with Gasteiger partial charge in [0.05, 0.1) is 16.4 Å². The first-order chi connectivity index (χ1) is 14.2. The number of carbonyl (C=O) groups is 1. The van der Waals surface area contributed by atoms with E-state index in [0.717, 1.165) is 47.0 Å². The van der Waals surface area contributed by atoms with E-state index in [-0.39, 0.29) is 5.91 Å². The van der Waals surface area contributed by atoms with Gasteiger partial charge in [-0.15, -0.1) is 11.3 Å². The minimum Gasteiger partial charge on any atom is -0.486 e. The summed E-state index contributed by atoms with van der Waals surface area (Å²) in [5.74, 6) is 1.18. The number of thiazole rings is 1. The molecule has 2 aliphatic heterocycles. The summed E-state index contributed by atoms with van der Waals surface area (Å²) < 4.78 is 11.2. The number of halogens is 1. The molecular weight excluding hydrogens is 410 g/mol. The molecule has 3 aromatic rings. The van der Waals surface area contributed by atoms with Gasteiger partial charge in [0.1, 0.15) is 13.2 Å². The number of rotatable bonds is 3. The van der Waals surface area contributed by atoms with Crippen LogP contribution in [0.25, 0.3) is 11.1 Å². The maximum Gasteiger partial charge on any atom is 0.284 e. The zero-order valence-corrected chi connectivity index (χ0v) is 17.0. The molecule has 148 valence electrons. The first kappa shape index (κ1) is 18.4. The van der Waals surface area contributed by atoms with Gasteiger partial charge in [-0.3, -0.25) is 4.79 Å². The van der Waals surface area contributed by atoms with Crippen molar-refractivity contribution in [1.29, 1.82) is 0 Å². The largest absolute Gasteiger partial charge is 0.486 e. The molecular formula is C21H18ClN3O3S. The molecule has 8 heteroatoms. The van der Waals surface area contributed by atoms with Crippen molar-refractivity contribution in [2.24, 2.45) is 0 Å². The van der Waals surface area contributed by atoms with Crippen LogP contribution >= 0.6 is 22.9 Å². The molecule has 0 saturated heterocycles. The van der Waals surface area contributed by atoms with Crippen LogP contribution in [0.1, 0.15) is 20.4 Å². The fourth-order valence-electron chi connectivity index (χ4n) is 3.46. The lowest BCUT2D eigenvalue weighted by Gasteiger charge is -2.19. The fourth-order valence-corrected chi connectivity index (χ4v) is 4.72. The van der Waals surface area contributed by atoms with E-state index < -0.39 is 0 Å². The first-order valence-electron chi connectivity index (χ1n) is 9.38. The van der Waals surface area contributed by atoms with Crippen LogP contribution in [0.2, 0.25) is 5.02 Å². The SMILES string of the molecule is O=C(Nc1cccc(-c2ccc3c(c2)OCCO3)c1Cl)c1nc2c(s1)CNCC2. The Kier molecular flexibility index (Phi) is 4.87. The number of carbonyl (C=O) groups excluding carboxylic acids is 1. The Balaban J connectivity index is 1.42. The second kappa shape index (κ2) is 7.67. The molecule has 29 heavy (non-hydrogen) atoms. The van der Waals surface area contributed by atoms with E-state index in [1.54, 1.807) is 6.07 Å².